The van der Waals surface area contributed by atoms with Crippen LogP contribution in [0.4, 0.5) is 11.8 Å². The van der Waals surface area contributed by atoms with Gasteiger partial charge in [0.25, 0.3) is 0 Å². The lowest BCUT2D eigenvalue weighted by atomic mass is 10.1. The van der Waals surface area contributed by atoms with Gasteiger partial charge in [0.15, 0.2) is 0 Å². The van der Waals surface area contributed by atoms with Crippen molar-refractivity contribution in [3.63, 3.8) is 0 Å². The van der Waals surface area contributed by atoms with Crippen LogP contribution in [0.3, 0.4) is 0 Å². The number of nitrogens with one attached hydrogen (secondary N) is 1. The Labute approximate surface area is 173 Å². The van der Waals surface area contributed by atoms with Crippen molar-refractivity contribution in [2.45, 2.75) is 12.8 Å². The lowest BCUT2D eigenvalue weighted by Gasteiger charge is -2.32. The van der Waals surface area contributed by atoms with E-state index < -0.39 is 0 Å². The topological polar surface area (TPSA) is 44.3 Å². The molecule has 0 atom stereocenters. The Balaban J connectivity index is 1.48. The molecule has 1 saturated heterocycles. The van der Waals surface area contributed by atoms with E-state index in [9.17, 15) is 0 Å². The fraction of sp³-hybridized carbons (Fsp3) is 0.333. The Kier molecular flexibility index (Phi) is 6.37. The van der Waals surface area contributed by atoms with Crippen molar-refractivity contribution in [1.82, 2.24) is 14.9 Å². The molecule has 0 amide bonds. The van der Waals surface area contributed by atoms with Gasteiger partial charge < -0.3 is 15.1 Å². The number of hydrogen-bond acceptors (Lipinski definition) is 5. The predicted octanol–water partition coefficient (Wildman–Crippen LogP) is 3.94. The molecule has 1 aliphatic rings. The molecule has 0 unspecified atom stereocenters. The first-order valence-electron chi connectivity index (χ1n) is 10.4. The summed E-state index contributed by atoms with van der Waals surface area (Å²) in [5.74, 6) is 1.73. The fourth-order valence-electron chi connectivity index (χ4n) is 3.58. The van der Waals surface area contributed by atoms with E-state index in [0.29, 0.717) is 0 Å². The average Bonchev–Trinajstić information content (AvgIpc) is 2.78. The zero-order chi connectivity index (χ0) is 19.9. The molecule has 0 aliphatic carbocycles. The van der Waals surface area contributed by atoms with Crippen molar-refractivity contribution in [3.8, 4) is 11.3 Å². The highest BCUT2D eigenvalue weighted by Crippen LogP contribution is 2.23. The molecule has 1 fully saturated rings. The summed E-state index contributed by atoms with van der Waals surface area (Å²) in [6.45, 7) is 4.89. The van der Waals surface area contributed by atoms with E-state index in [4.69, 9.17) is 9.97 Å². The lowest BCUT2D eigenvalue weighted by Crippen LogP contribution is -2.45. The molecule has 1 N–H and O–H groups in total. The summed E-state index contributed by atoms with van der Waals surface area (Å²) < 4.78 is 0. The minimum absolute atomic E-state index is 0.824. The molecule has 29 heavy (non-hydrogen) atoms. The number of nitrogens with zero attached hydrogens (tertiary/aromatic N) is 4. The number of anilines is 2. The second-order valence-electron chi connectivity index (χ2n) is 7.61. The maximum atomic E-state index is 4.88. The number of benzene rings is 2. The van der Waals surface area contributed by atoms with Gasteiger partial charge in [-0.1, -0.05) is 60.7 Å². The van der Waals surface area contributed by atoms with Crippen molar-refractivity contribution in [3.05, 3.63) is 72.3 Å². The maximum absolute atomic E-state index is 4.88. The molecule has 0 spiro atoms. The van der Waals surface area contributed by atoms with E-state index >= 15 is 0 Å². The van der Waals surface area contributed by atoms with Crippen molar-refractivity contribution in [2.24, 2.45) is 0 Å². The van der Waals surface area contributed by atoms with Crippen LogP contribution in [0, 0.1) is 0 Å². The molecule has 5 nitrogen and oxygen atoms in total. The Bertz CT molecular complexity index is 890. The zero-order valence-corrected chi connectivity index (χ0v) is 17.1. The van der Waals surface area contributed by atoms with Gasteiger partial charge in [-0.05, 0) is 25.5 Å². The van der Waals surface area contributed by atoms with Gasteiger partial charge in [-0.15, -0.1) is 0 Å². The van der Waals surface area contributed by atoms with Crippen LogP contribution in [0.25, 0.3) is 11.3 Å². The van der Waals surface area contributed by atoms with Gasteiger partial charge >= 0.3 is 0 Å². The summed E-state index contributed by atoms with van der Waals surface area (Å²) in [7, 11) is 2.16. The highest BCUT2D eigenvalue weighted by Gasteiger charge is 2.18. The maximum Gasteiger partial charge on any atom is 0.227 e. The van der Waals surface area contributed by atoms with Crippen molar-refractivity contribution in [1.29, 1.82) is 0 Å². The summed E-state index contributed by atoms with van der Waals surface area (Å²) in [5, 5.41) is 3.53. The summed E-state index contributed by atoms with van der Waals surface area (Å²) in [6, 6.07) is 23.1. The Morgan fingerprint density at radius 2 is 1.55 bits per heavy atom. The number of aromatic nitrogens is 2. The van der Waals surface area contributed by atoms with Gasteiger partial charge in [-0.3, -0.25) is 0 Å². The minimum Gasteiger partial charge on any atom is -0.370 e. The first-order valence-corrected chi connectivity index (χ1v) is 10.4. The van der Waals surface area contributed by atoms with Crippen LogP contribution in [0.2, 0.25) is 0 Å². The van der Waals surface area contributed by atoms with E-state index in [-0.39, 0.29) is 0 Å². The molecule has 0 saturated carbocycles. The van der Waals surface area contributed by atoms with Gasteiger partial charge in [-0.25, -0.2) is 4.98 Å². The number of likely N-dealkylation sites (N-methyl/N-ethyl adjacent to an activating group) is 1. The van der Waals surface area contributed by atoms with Gasteiger partial charge in [0, 0.05) is 44.4 Å². The molecule has 1 aromatic heterocycles. The van der Waals surface area contributed by atoms with Gasteiger partial charge in [0.1, 0.15) is 5.82 Å². The standard InChI is InChI=1S/C24H29N5/c1-28-15-17-29(18-16-28)24-26-22(21-12-6-3-7-13-21)19-23(27-24)25-14-8-11-20-9-4-2-5-10-20/h2-7,9-10,12-13,19H,8,11,14-18H2,1H3,(H,25,26,27). The predicted molar refractivity (Wildman–Crippen MR) is 120 cm³/mol. The van der Waals surface area contributed by atoms with E-state index in [1.807, 2.05) is 6.07 Å². The van der Waals surface area contributed by atoms with Gasteiger partial charge in [-0.2, -0.15) is 4.98 Å². The third-order valence-electron chi connectivity index (χ3n) is 5.36. The van der Waals surface area contributed by atoms with Crippen molar-refractivity contribution < 1.29 is 0 Å². The van der Waals surface area contributed by atoms with Crippen molar-refractivity contribution >= 4 is 11.8 Å². The Morgan fingerprint density at radius 1 is 0.862 bits per heavy atom. The third-order valence-corrected chi connectivity index (χ3v) is 5.36. The summed E-state index contributed by atoms with van der Waals surface area (Å²) in [6.07, 6.45) is 2.13. The molecule has 2 aromatic carbocycles. The molecule has 4 rings (SSSR count). The highest BCUT2D eigenvalue weighted by atomic mass is 15.3. The lowest BCUT2D eigenvalue weighted by molar-refractivity contribution is 0.311. The van der Waals surface area contributed by atoms with Crippen molar-refractivity contribution in [2.75, 3.05) is 50.0 Å². The number of aryl methyl sites for hydroxylation is 1. The molecule has 2 heterocycles. The van der Waals surface area contributed by atoms with Crippen LogP contribution < -0.4 is 10.2 Å². The van der Waals surface area contributed by atoms with E-state index in [1.54, 1.807) is 0 Å². The molecule has 0 radical (unpaired) electrons. The SMILES string of the molecule is CN1CCN(c2nc(NCCCc3ccccc3)cc(-c3ccccc3)n2)CC1. The molecular weight excluding hydrogens is 358 g/mol. The summed E-state index contributed by atoms with van der Waals surface area (Å²) >= 11 is 0. The van der Waals surface area contributed by atoms with Crippen LogP contribution in [0.5, 0.6) is 0 Å². The number of hydrogen-bond donors (Lipinski definition) is 1. The van der Waals surface area contributed by atoms with Crippen LogP contribution in [0.1, 0.15) is 12.0 Å². The number of rotatable bonds is 7. The van der Waals surface area contributed by atoms with E-state index in [1.165, 1.54) is 5.56 Å². The monoisotopic (exact) mass is 387 g/mol. The summed E-state index contributed by atoms with van der Waals surface area (Å²) in [5.41, 5.74) is 3.47. The fourth-order valence-corrected chi connectivity index (χ4v) is 3.58. The first kappa shape index (κ1) is 19.4. The average molecular weight is 388 g/mol. The third kappa shape index (κ3) is 5.33. The normalized spacial score (nSPS) is 14.7. The Morgan fingerprint density at radius 3 is 2.28 bits per heavy atom. The summed E-state index contributed by atoms with van der Waals surface area (Å²) in [4.78, 5) is 14.4. The zero-order valence-electron chi connectivity index (χ0n) is 17.1. The second-order valence-corrected chi connectivity index (χ2v) is 7.61. The van der Waals surface area contributed by atoms with Crippen LogP contribution >= 0.6 is 0 Å². The quantitative estimate of drug-likeness (QED) is 0.622. The van der Waals surface area contributed by atoms with E-state index in [0.717, 1.165) is 68.6 Å². The minimum atomic E-state index is 0.824. The molecular formula is C24H29N5. The molecule has 0 bridgehead atoms. The highest BCUT2D eigenvalue weighted by molar-refractivity contribution is 5.64. The molecule has 150 valence electrons. The van der Waals surface area contributed by atoms with Gasteiger partial charge in [0.05, 0.1) is 5.69 Å². The van der Waals surface area contributed by atoms with Gasteiger partial charge in [0.2, 0.25) is 5.95 Å². The second kappa shape index (κ2) is 9.52. The molecule has 1 aliphatic heterocycles. The van der Waals surface area contributed by atoms with E-state index in [2.05, 4.69) is 82.8 Å². The van der Waals surface area contributed by atoms with Crippen LogP contribution in [-0.2, 0) is 6.42 Å². The van der Waals surface area contributed by atoms with Crippen LogP contribution in [-0.4, -0.2) is 54.6 Å². The van der Waals surface area contributed by atoms with Crippen LogP contribution in [0.15, 0.2) is 66.7 Å². The Hall–Kier alpha value is -2.92. The molecule has 5 heteroatoms. The first-order chi connectivity index (χ1) is 14.3. The molecule has 3 aromatic rings. The largest absolute Gasteiger partial charge is 0.370 e. The smallest absolute Gasteiger partial charge is 0.227 e. The number of piperazine rings is 1.